The maximum Gasteiger partial charge on any atom is 0.132 e. The van der Waals surface area contributed by atoms with Gasteiger partial charge in [-0.2, -0.15) is 0 Å². The Bertz CT molecular complexity index is 739. The van der Waals surface area contributed by atoms with Gasteiger partial charge in [0.1, 0.15) is 5.75 Å². The van der Waals surface area contributed by atoms with Crippen LogP contribution in [0.3, 0.4) is 0 Å². The molecule has 132 valence electrons. The van der Waals surface area contributed by atoms with Crippen molar-refractivity contribution in [2.24, 2.45) is 4.99 Å². The Morgan fingerprint density at radius 1 is 1.20 bits per heavy atom. The number of phenols is 1. The van der Waals surface area contributed by atoms with Gasteiger partial charge in [-0.05, 0) is 41.5 Å². The molecule has 1 unspecified atom stereocenters. The highest BCUT2D eigenvalue weighted by Crippen LogP contribution is 2.36. The van der Waals surface area contributed by atoms with Gasteiger partial charge in [-0.25, -0.2) is 0 Å². The highest BCUT2D eigenvalue weighted by Gasteiger charge is 2.19. The molecule has 1 N–H and O–H groups in total. The molecule has 0 radical (unpaired) electrons. The summed E-state index contributed by atoms with van der Waals surface area (Å²) in [6, 6.07) is 14.1. The van der Waals surface area contributed by atoms with Crippen LogP contribution in [0, 0.1) is 0 Å². The predicted octanol–water partition coefficient (Wildman–Crippen LogP) is 4.95. The Morgan fingerprint density at radius 2 is 1.96 bits per heavy atom. The highest BCUT2D eigenvalue weighted by molar-refractivity contribution is 5.89. The molecule has 0 spiro atoms. The maximum absolute atomic E-state index is 10.8. The first kappa shape index (κ1) is 17.7. The van der Waals surface area contributed by atoms with Crippen molar-refractivity contribution in [1.82, 2.24) is 0 Å². The molecule has 1 fully saturated rings. The van der Waals surface area contributed by atoms with Gasteiger partial charge in [0.25, 0.3) is 0 Å². The van der Waals surface area contributed by atoms with Crippen LogP contribution < -0.4 is 0 Å². The van der Waals surface area contributed by atoms with Gasteiger partial charge in [0, 0.05) is 23.9 Å². The number of phenolic OH excluding ortho intramolecular Hbond substituents is 1. The number of aromatic hydroxyl groups is 1. The second-order valence-electron chi connectivity index (χ2n) is 7.71. The molecule has 2 aromatic rings. The van der Waals surface area contributed by atoms with Crippen molar-refractivity contribution in [3.05, 3.63) is 53.6 Å². The molecule has 1 aliphatic heterocycles. The first-order valence-electron chi connectivity index (χ1n) is 8.99. The Labute approximate surface area is 150 Å². The average molecular weight is 337 g/mol. The predicted molar refractivity (Wildman–Crippen MR) is 104 cm³/mol. The van der Waals surface area contributed by atoms with E-state index in [0.717, 1.165) is 36.1 Å². The van der Waals surface area contributed by atoms with E-state index in [0.29, 0.717) is 6.54 Å². The number of aliphatic imine (C=N–C) groups is 1. The van der Waals surface area contributed by atoms with Gasteiger partial charge in [-0.15, -0.1) is 0 Å². The molecule has 1 saturated heterocycles. The SMILES string of the molecule is CC(C)(C)c1cc(/C=N/CC2CCCO2)c(O)c(-c2ccccc2)c1. The van der Waals surface area contributed by atoms with Crippen molar-refractivity contribution in [1.29, 1.82) is 0 Å². The first-order chi connectivity index (χ1) is 11.9. The second kappa shape index (κ2) is 7.40. The highest BCUT2D eigenvalue weighted by atomic mass is 16.5. The Balaban J connectivity index is 1.97. The molecular formula is C22H27NO2. The van der Waals surface area contributed by atoms with E-state index in [1.165, 1.54) is 5.56 Å². The summed E-state index contributed by atoms with van der Waals surface area (Å²) in [6.45, 7) is 8.04. The minimum atomic E-state index is -0.00557. The molecule has 3 nitrogen and oxygen atoms in total. The second-order valence-corrected chi connectivity index (χ2v) is 7.71. The van der Waals surface area contributed by atoms with Crippen LogP contribution >= 0.6 is 0 Å². The normalized spacial score (nSPS) is 18.1. The fourth-order valence-corrected chi connectivity index (χ4v) is 3.08. The Hall–Kier alpha value is -2.13. The third kappa shape index (κ3) is 4.29. The molecule has 1 aliphatic rings. The average Bonchev–Trinajstić information content (AvgIpc) is 3.09. The fourth-order valence-electron chi connectivity index (χ4n) is 3.08. The summed E-state index contributed by atoms with van der Waals surface area (Å²) in [6.07, 6.45) is 4.19. The largest absolute Gasteiger partial charge is 0.507 e. The van der Waals surface area contributed by atoms with E-state index in [2.05, 4.69) is 31.8 Å². The topological polar surface area (TPSA) is 41.8 Å². The molecule has 0 saturated carbocycles. The van der Waals surface area contributed by atoms with Crippen LogP contribution in [-0.4, -0.2) is 30.6 Å². The smallest absolute Gasteiger partial charge is 0.132 e. The fraction of sp³-hybridized carbons (Fsp3) is 0.409. The lowest BCUT2D eigenvalue weighted by atomic mass is 9.84. The van der Waals surface area contributed by atoms with Gasteiger partial charge < -0.3 is 9.84 Å². The lowest BCUT2D eigenvalue weighted by Gasteiger charge is -2.22. The van der Waals surface area contributed by atoms with E-state index in [4.69, 9.17) is 4.74 Å². The molecule has 0 bridgehead atoms. The van der Waals surface area contributed by atoms with Gasteiger partial charge in [-0.3, -0.25) is 4.99 Å². The van der Waals surface area contributed by atoms with Crippen LogP contribution in [0.15, 0.2) is 47.5 Å². The summed E-state index contributed by atoms with van der Waals surface area (Å²) in [4.78, 5) is 4.53. The lowest BCUT2D eigenvalue weighted by molar-refractivity contribution is 0.118. The van der Waals surface area contributed by atoms with Crippen LogP contribution in [0.25, 0.3) is 11.1 Å². The monoisotopic (exact) mass is 337 g/mol. The van der Waals surface area contributed by atoms with E-state index >= 15 is 0 Å². The minimum absolute atomic E-state index is 0.00557. The zero-order valence-electron chi connectivity index (χ0n) is 15.3. The standard InChI is InChI=1S/C22H27NO2/c1-22(2,3)18-12-17(14-23-15-19-10-7-11-25-19)21(24)20(13-18)16-8-5-4-6-9-16/h4-6,8-9,12-14,19,24H,7,10-11,15H2,1-3H3/b23-14+. The van der Waals surface area contributed by atoms with Crippen molar-refractivity contribution in [3.8, 4) is 16.9 Å². The van der Waals surface area contributed by atoms with Crippen molar-refractivity contribution >= 4 is 6.21 Å². The van der Waals surface area contributed by atoms with Crippen molar-refractivity contribution in [2.45, 2.75) is 45.1 Å². The third-order valence-corrected chi connectivity index (χ3v) is 4.65. The number of hydrogen-bond donors (Lipinski definition) is 1. The zero-order chi connectivity index (χ0) is 17.9. The van der Waals surface area contributed by atoms with Crippen LogP contribution in [0.1, 0.15) is 44.7 Å². The van der Waals surface area contributed by atoms with E-state index in [9.17, 15) is 5.11 Å². The molecule has 1 atom stereocenters. The van der Waals surface area contributed by atoms with Crippen molar-refractivity contribution < 1.29 is 9.84 Å². The molecule has 3 rings (SSSR count). The van der Waals surface area contributed by atoms with Crippen molar-refractivity contribution in [3.63, 3.8) is 0 Å². The number of nitrogens with zero attached hydrogens (tertiary/aromatic N) is 1. The van der Waals surface area contributed by atoms with Gasteiger partial charge in [-0.1, -0.05) is 51.1 Å². The summed E-state index contributed by atoms with van der Waals surface area (Å²) >= 11 is 0. The lowest BCUT2D eigenvalue weighted by Crippen LogP contribution is -2.12. The van der Waals surface area contributed by atoms with Gasteiger partial charge in [0.15, 0.2) is 0 Å². The quantitative estimate of drug-likeness (QED) is 0.802. The van der Waals surface area contributed by atoms with Crippen LogP contribution in [0.5, 0.6) is 5.75 Å². The minimum Gasteiger partial charge on any atom is -0.507 e. The van der Waals surface area contributed by atoms with E-state index < -0.39 is 0 Å². The Kier molecular flexibility index (Phi) is 5.24. The number of benzene rings is 2. The molecule has 25 heavy (non-hydrogen) atoms. The summed E-state index contributed by atoms with van der Waals surface area (Å²) in [5.74, 6) is 0.287. The van der Waals surface area contributed by atoms with Crippen LogP contribution in [0.2, 0.25) is 0 Å². The van der Waals surface area contributed by atoms with Crippen LogP contribution in [0.4, 0.5) is 0 Å². The van der Waals surface area contributed by atoms with Crippen molar-refractivity contribution in [2.75, 3.05) is 13.2 Å². The molecule has 0 aromatic heterocycles. The van der Waals surface area contributed by atoms with E-state index in [1.807, 2.05) is 36.4 Å². The van der Waals surface area contributed by atoms with E-state index in [1.54, 1.807) is 6.21 Å². The first-order valence-corrected chi connectivity index (χ1v) is 8.99. The summed E-state index contributed by atoms with van der Waals surface area (Å²) < 4.78 is 5.62. The number of hydrogen-bond acceptors (Lipinski definition) is 3. The molecular weight excluding hydrogens is 310 g/mol. The van der Waals surface area contributed by atoms with Gasteiger partial charge in [0.05, 0.1) is 12.6 Å². The molecule has 0 amide bonds. The Morgan fingerprint density at radius 3 is 2.60 bits per heavy atom. The summed E-state index contributed by atoms with van der Waals surface area (Å²) in [5.41, 5.74) is 3.81. The zero-order valence-corrected chi connectivity index (χ0v) is 15.3. The maximum atomic E-state index is 10.8. The molecule has 0 aliphatic carbocycles. The van der Waals surface area contributed by atoms with E-state index in [-0.39, 0.29) is 17.3 Å². The summed E-state index contributed by atoms with van der Waals surface area (Å²) in [5, 5.41) is 10.8. The number of ether oxygens (including phenoxy) is 1. The summed E-state index contributed by atoms with van der Waals surface area (Å²) in [7, 11) is 0. The molecule has 2 aromatic carbocycles. The molecule has 3 heteroatoms. The van der Waals surface area contributed by atoms with Gasteiger partial charge >= 0.3 is 0 Å². The van der Waals surface area contributed by atoms with Gasteiger partial charge in [0.2, 0.25) is 0 Å². The number of rotatable bonds is 4. The molecule has 1 heterocycles. The van der Waals surface area contributed by atoms with Crippen LogP contribution in [-0.2, 0) is 10.2 Å². The third-order valence-electron chi connectivity index (χ3n) is 4.65.